The van der Waals surface area contributed by atoms with E-state index in [1.54, 1.807) is 6.07 Å². The first-order chi connectivity index (χ1) is 11.6. The van der Waals surface area contributed by atoms with Gasteiger partial charge in [0.15, 0.2) is 9.84 Å². The van der Waals surface area contributed by atoms with Crippen molar-refractivity contribution in [3.63, 3.8) is 0 Å². The number of hydrogen-bond acceptors (Lipinski definition) is 5. The van der Waals surface area contributed by atoms with Gasteiger partial charge in [0.1, 0.15) is 5.82 Å². The van der Waals surface area contributed by atoms with Crippen LogP contribution in [0.5, 0.6) is 0 Å². The van der Waals surface area contributed by atoms with Crippen LogP contribution >= 0.6 is 0 Å². The number of sulfonamides is 1. The molecule has 1 aromatic rings. The fraction of sp³-hybridized carbons (Fsp3) is 0.533. The summed E-state index contributed by atoms with van der Waals surface area (Å²) in [5, 5.41) is 2.58. The Bertz CT molecular complexity index is 839. The van der Waals surface area contributed by atoms with Crippen molar-refractivity contribution >= 4 is 25.8 Å². The quantitative estimate of drug-likeness (QED) is 0.700. The SMILES string of the molecule is CS(=O)(=O)N(CCNC(=O)Cc1cccc(F)c1)C1CCS(=O)(=O)C1. The summed E-state index contributed by atoms with van der Waals surface area (Å²) >= 11 is 0. The predicted molar refractivity (Wildman–Crippen MR) is 91.7 cm³/mol. The monoisotopic (exact) mass is 392 g/mol. The summed E-state index contributed by atoms with van der Waals surface area (Å²) in [5.41, 5.74) is 0.513. The topological polar surface area (TPSA) is 101 Å². The van der Waals surface area contributed by atoms with Crippen molar-refractivity contribution in [1.29, 1.82) is 0 Å². The third-order valence-corrected chi connectivity index (χ3v) is 7.03. The summed E-state index contributed by atoms with van der Waals surface area (Å²) in [6, 6.07) is 5.06. The summed E-state index contributed by atoms with van der Waals surface area (Å²) in [5.74, 6) is -1.03. The number of sulfone groups is 1. The molecule has 10 heteroatoms. The van der Waals surface area contributed by atoms with E-state index >= 15 is 0 Å². The molecule has 0 bridgehead atoms. The smallest absolute Gasteiger partial charge is 0.224 e. The number of halogens is 1. The van der Waals surface area contributed by atoms with E-state index in [4.69, 9.17) is 0 Å². The van der Waals surface area contributed by atoms with Crippen LogP contribution < -0.4 is 5.32 Å². The molecule has 1 N–H and O–H groups in total. The normalized spacial score (nSPS) is 19.9. The molecule has 0 aromatic heterocycles. The third kappa shape index (κ3) is 6.05. The van der Waals surface area contributed by atoms with E-state index in [1.165, 1.54) is 18.2 Å². The molecule has 0 aliphatic carbocycles. The molecule has 7 nitrogen and oxygen atoms in total. The van der Waals surface area contributed by atoms with Gasteiger partial charge in [0.25, 0.3) is 0 Å². The number of rotatable bonds is 7. The minimum Gasteiger partial charge on any atom is -0.354 e. The number of benzene rings is 1. The maximum Gasteiger partial charge on any atom is 0.224 e. The Kier molecular flexibility index (Phi) is 6.17. The van der Waals surface area contributed by atoms with Gasteiger partial charge in [0, 0.05) is 19.1 Å². The summed E-state index contributed by atoms with van der Waals surface area (Å²) in [4.78, 5) is 11.9. The van der Waals surface area contributed by atoms with Gasteiger partial charge in [-0.1, -0.05) is 12.1 Å². The lowest BCUT2D eigenvalue weighted by molar-refractivity contribution is -0.120. The van der Waals surface area contributed by atoms with E-state index in [0.717, 1.165) is 10.6 Å². The number of nitrogens with one attached hydrogen (secondary N) is 1. The summed E-state index contributed by atoms with van der Waals surface area (Å²) in [7, 11) is -6.81. The van der Waals surface area contributed by atoms with Crippen molar-refractivity contribution in [3.05, 3.63) is 35.6 Å². The second-order valence-corrected chi connectivity index (χ2v) is 10.3. The molecule has 0 radical (unpaired) electrons. The zero-order chi connectivity index (χ0) is 18.7. The maximum absolute atomic E-state index is 13.1. The molecular formula is C15H21FN2O5S2. The predicted octanol–water partition coefficient (Wildman–Crippen LogP) is -0.0669. The van der Waals surface area contributed by atoms with Gasteiger partial charge in [-0.2, -0.15) is 4.31 Å². The van der Waals surface area contributed by atoms with Gasteiger partial charge in [-0.25, -0.2) is 21.2 Å². The third-order valence-electron chi connectivity index (χ3n) is 3.95. The first kappa shape index (κ1) is 19.8. The zero-order valence-electron chi connectivity index (χ0n) is 13.8. The first-order valence-corrected chi connectivity index (χ1v) is 11.4. The van der Waals surface area contributed by atoms with E-state index in [0.29, 0.717) is 5.56 Å². The average molecular weight is 392 g/mol. The zero-order valence-corrected chi connectivity index (χ0v) is 15.4. The molecule has 1 aliphatic heterocycles. The standard InChI is InChI=1S/C15H21FN2O5S2/c1-24(20,21)18(14-5-8-25(22,23)11-14)7-6-17-15(19)10-12-3-2-4-13(16)9-12/h2-4,9,14H,5-8,10-11H2,1H3,(H,17,19). The molecule has 1 saturated heterocycles. The molecule has 2 rings (SSSR count). The highest BCUT2D eigenvalue weighted by Crippen LogP contribution is 2.19. The van der Waals surface area contributed by atoms with Crippen LogP contribution in [0.2, 0.25) is 0 Å². The van der Waals surface area contributed by atoms with E-state index in [-0.39, 0.29) is 43.3 Å². The molecule has 1 heterocycles. The highest BCUT2D eigenvalue weighted by molar-refractivity contribution is 7.92. The van der Waals surface area contributed by atoms with Gasteiger partial charge in [-0.15, -0.1) is 0 Å². The van der Waals surface area contributed by atoms with Crippen LogP contribution in [0.15, 0.2) is 24.3 Å². The molecule has 0 saturated carbocycles. The molecule has 1 aromatic carbocycles. The number of hydrogen-bond donors (Lipinski definition) is 1. The Hall–Kier alpha value is -1.52. The highest BCUT2D eigenvalue weighted by Gasteiger charge is 2.36. The Morgan fingerprint density at radius 3 is 2.68 bits per heavy atom. The Labute approximate surface area is 147 Å². The van der Waals surface area contributed by atoms with E-state index in [9.17, 15) is 26.0 Å². The molecule has 0 spiro atoms. The molecule has 25 heavy (non-hydrogen) atoms. The fourth-order valence-corrected chi connectivity index (χ4v) is 5.79. The van der Waals surface area contributed by atoms with Gasteiger partial charge >= 0.3 is 0 Å². The van der Waals surface area contributed by atoms with E-state index in [1.807, 2.05) is 0 Å². The van der Waals surface area contributed by atoms with Crippen LogP contribution in [0.3, 0.4) is 0 Å². The van der Waals surface area contributed by atoms with Crippen LogP contribution in [0, 0.1) is 5.82 Å². The van der Waals surface area contributed by atoms with Gasteiger partial charge in [0.05, 0.1) is 24.2 Å². The molecule has 1 atom stereocenters. The van der Waals surface area contributed by atoms with Crippen molar-refractivity contribution in [2.45, 2.75) is 18.9 Å². The van der Waals surface area contributed by atoms with Gasteiger partial charge in [-0.05, 0) is 24.1 Å². The molecular weight excluding hydrogens is 371 g/mol. The lowest BCUT2D eigenvalue weighted by Crippen LogP contribution is -2.45. The number of amides is 1. The van der Waals surface area contributed by atoms with Crippen LogP contribution in [-0.4, -0.2) is 63.9 Å². The minimum atomic E-state index is -3.59. The Balaban J connectivity index is 1.90. The maximum atomic E-state index is 13.1. The highest BCUT2D eigenvalue weighted by atomic mass is 32.2. The molecule has 1 unspecified atom stereocenters. The van der Waals surface area contributed by atoms with Gasteiger partial charge < -0.3 is 5.32 Å². The van der Waals surface area contributed by atoms with Crippen molar-refractivity contribution < 1.29 is 26.0 Å². The number of carbonyl (C=O) groups excluding carboxylic acids is 1. The first-order valence-electron chi connectivity index (χ1n) is 7.75. The Morgan fingerprint density at radius 1 is 1.40 bits per heavy atom. The molecule has 1 amide bonds. The molecule has 140 valence electrons. The largest absolute Gasteiger partial charge is 0.354 e. The second kappa shape index (κ2) is 7.79. The van der Waals surface area contributed by atoms with Crippen molar-refractivity contribution in [2.24, 2.45) is 0 Å². The average Bonchev–Trinajstić information content (AvgIpc) is 2.82. The van der Waals surface area contributed by atoms with Crippen molar-refractivity contribution in [1.82, 2.24) is 9.62 Å². The van der Waals surface area contributed by atoms with Gasteiger partial charge in [0.2, 0.25) is 15.9 Å². The second-order valence-electron chi connectivity index (χ2n) is 6.09. The molecule has 1 aliphatic rings. The molecule has 1 fully saturated rings. The summed E-state index contributed by atoms with van der Waals surface area (Å²) in [6.07, 6.45) is 1.26. The van der Waals surface area contributed by atoms with Crippen LogP contribution in [0.1, 0.15) is 12.0 Å². The Morgan fingerprint density at radius 2 is 2.12 bits per heavy atom. The van der Waals surface area contributed by atoms with Crippen LogP contribution in [0.4, 0.5) is 4.39 Å². The minimum absolute atomic E-state index is 0.00604. The van der Waals surface area contributed by atoms with Gasteiger partial charge in [-0.3, -0.25) is 4.79 Å². The summed E-state index contributed by atoms with van der Waals surface area (Å²) in [6.45, 7) is 0.0473. The number of nitrogens with zero attached hydrogens (tertiary/aromatic N) is 1. The summed E-state index contributed by atoms with van der Waals surface area (Å²) < 4.78 is 61.2. The van der Waals surface area contributed by atoms with Crippen molar-refractivity contribution in [2.75, 3.05) is 30.9 Å². The van der Waals surface area contributed by atoms with Crippen molar-refractivity contribution in [3.8, 4) is 0 Å². The lowest BCUT2D eigenvalue weighted by atomic mass is 10.1. The van der Waals surface area contributed by atoms with E-state index in [2.05, 4.69) is 5.32 Å². The fourth-order valence-electron chi connectivity index (χ4n) is 2.82. The van der Waals surface area contributed by atoms with Crippen LogP contribution in [0.25, 0.3) is 0 Å². The lowest BCUT2D eigenvalue weighted by Gasteiger charge is -2.25. The van der Waals surface area contributed by atoms with Crippen LogP contribution in [-0.2, 0) is 31.1 Å². The number of carbonyl (C=O) groups is 1. The van der Waals surface area contributed by atoms with E-state index < -0.39 is 31.7 Å².